The van der Waals surface area contributed by atoms with Gasteiger partial charge in [0.05, 0.1) is 65.8 Å². The number of H-pyrrole nitrogens is 2. The van der Waals surface area contributed by atoms with Gasteiger partial charge in [-0.25, -0.2) is 23.5 Å². The Morgan fingerprint density at radius 3 is 2.53 bits per heavy atom. The van der Waals surface area contributed by atoms with Crippen LogP contribution in [-0.2, 0) is 4.74 Å². The van der Waals surface area contributed by atoms with E-state index in [1.807, 2.05) is 73.0 Å². The molecule has 15 heteroatoms. The molecule has 3 aliphatic heterocycles. The normalized spacial score (nSPS) is 21.7. The number of fused-ring (bicyclic) bond motifs is 5. The van der Waals surface area contributed by atoms with E-state index in [0.29, 0.717) is 44.8 Å². The van der Waals surface area contributed by atoms with Crippen molar-refractivity contribution in [3.8, 4) is 39.5 Å². The molecular formula is C42H43ClF2N8O4. The van der Waals surface area contributed by atoms with Crippen molar-refractivity contribution in [2.24, 2.45) is 5.92 Å². The van der Waals surface area contributed by atoms with Crippen molar-refractivity contribution in [1.29, 1.82) is 0 Å². The molecule has 6 aromatic rings. The number of aromatic amines is 2. The fraction of sp³-hybridized carbons (Fsp3) is 0.357. The van der Waals surface area contributed by atoms with Crippen molar-refractivity contribution >= 4 is 28.6 Å². The van der Waals surface area contributed by atoms with Crippen molar-refractivity contribution < 1.29 is 28.2 Å². The fourth-order valence-electron chi connectivity index (χ4n) is 8.53. The number of hydrogen-bond donors (Lipinski definition) is 5. The minimum atomic E-state index is -1.20. The average molecular weight is 797 g/mol. The summed E-state index contributed by atoms with van der Waals surface area (Å²) in [5, 5.41) is 19.0. The number of amides is 1. The maximum Gasteiger partial charge on any atom is 0.407 e. The maximum atomic E-state index is 16.5. The van der Waals surface area contributed by atoms with Gasteiger partial charge >= 0.3 is 6.09 Å². The molecule has 3 aliphatic rings. The zero-order valence-electron chi connectivity index (χ0n) is 31.6. The number of nitrogens with zero attached hydrogens (tertiary/aromatic N) is 4. The first-order chi connectivity index (χ1) is 27.6. The molecule has 3 aromatic heterocycles. The molecule has 1 amide bonds. The second kappa shape index (κ2) is 14.9. The lowest BCUT2D eigenvalue weighted by molar-refractivity contribution is -0.0457. The summed E-state index contributed by atoms with van der Waals surface area (Å²) in [5.74, 6) is 1.14. The zero-order valence-corrected chi connectivity index (χ0v) is 32.4. The monoisotopic (exact) mass is 796 g/mol. The highest BCUT2D eigenvalue weighted by atomic mass is 35.5. The summed E-state index contributed by atoms with van der Waals surface area (Å²) < 4.78 is 44.9. The predicted molar refractivity (Wildman–Crippen MR) is 212 cm³/mol. The van der Waals surface area contributed by atoms with E-state index in [9.17, 15) is 14.3 Å². The van der Waals surface area contributed by atoms with E-state index < -0.39 is 42.6 Å². The van der Waals surface area contributed by atoms with Crippen LogP contribution in [0.2, 0.25) is 5.02 Å². The molecule has 0 bridgehead atoms. The van der Waals surface area contributed by atoms with Gasteiger partial charge in [0, 0.05) is 40.1 Å². The highest BCUT2D eigenvalue weighted by Crippen LogP contribution is 2.47. The first kappa shape index (κ1) is 37.3. The van der Waals surface area contributed by atoms with Crippen LogP contribution in [0.4, 0.5) is 13.6 Å². The lowest BCUT2D eigenvalue weighted by Crippen LogP contribution is -2.54. The number of alkyl halides is 1. The number of aliphatic hydroxyl groups is 1. The first-order valence-corrected chi connectivity index (χ1v) is 19.6. The Bertz CT molecular complexity index is 2440. The Morgan fingerprint density at radius 2 is 1.79 bits per heavy atom. The van der Waals surface area contributed by atoms with Gasteiger partial charge < -0.3 is 39.7 Å². The Hall–Kier alpha value is -5.28. The summed E-state index contributed by atoms with van der Waals surface area (Å²) in [7, 11) is 1.26. The summed E-state index contributed by atoms with van der Waals surface area (Å²) in [5.41, 5.74) is 5.51. The number of imidazole rings is 2. The molecule has 2 saturated heterocycles. The molecule has 0 aliphatic carbocycles. The second-order valence-corrected chi connectivity index (χ2v) is 15.8. The van der Waals surface area contributed by atoms with Gasteiger partial charge in [-0.3, -0.25) is 4.90 Å². The van der Waals surface area contributed by atoms with E-state index >= 15 is 4.39 Å². The molecule has 5 N–H and O–H groups in total. The largest absolute Gasteiger partial charge is 0.465 e. The summed E-state index contributed by atoms with van der Waals surface area (Å²) in [6.45, 7) is 4.65. The Kier molecular flexibility index (Phi) is 9.75. The van der Waals surface area contributed by atoms with Gasteiger partial charge in [-0.2, -0.15) is 0 Å². The van der Waals surface area contributed by atoms with E-state index in [0.717, 1.165) is 47.2 Å². The molecule has 0 radical (unpaired) electrons. The lowest BCUT2D eigenvalue weighted by atomic mass is 10.0. The third-order valence-corrected chi connectivity index (χ3v) is 11.7. The third-order valence-electron chi connectivity index (χ3n) is 11.4. The number of aromatic nitrogens is 5. The average Bonchev–Trinajstić information content (AvgIpc) is 4.05. The van der Waals surface area contributed by atoms with Crippen molar-refractivity contribution in [2.45, 2.75) is 69.9 Å². The first-order valence-electron chi connectivity index (χ1n) is 19.2. The molecular weight excluding hydrogens is 754 g/mol. The summed E-state index contributed by atoms with van der Waals surface area (Å²) in [6.07, 6.45) is 1.93. The Labute approximate surface area is 332 Å². The van der Waals surface area contributed by atoms with Crippen molar-refractivity contribution in [3.63, 3.8) is 0 Å². The Morgan fingerprint density at radius 1 is 1.04 bits per heavy atom. The molecule has 6 atom stereocenters. The van der Waals surface area contributed by atoms with E-state index in [4.69, 9.17) is 21.1 Å². The van der Waals surface area contributed by atoms with Gasteiger partial charge in [0.15, 0.2) is 0 Å². The van der Waals surface area contributed by atoms with Gasteiger partial charge in [-0.1, -0.05) is 43.6 Å². The predicted octanol–water partition coefficient (Wildman–Crippen LogP) is 8.03. The van der Waals surface area contributed by atoms with Crippen molar-refractivity contribution in [3.05, 3.63) is 101 Å². The van der Waals surface area contributed by atoms with Crippen LogP contribution in [0.5, 0.6) is 5.75 Å². The number of methoxy groups -OCH3 is 1. The number of aliphatic hydroxyl groups excluding tert-OH is 1. The molecule has 6 unspecified atom stereocenters. The number of halogens is 3. The number of carbonyl (C=O) groups is 1. The number of likely N-dealkylation sites (tertiary alicyclic amines) is 1. The molecule has 6 heterocycles. The third kappa shape index (κ3) is 6.83. The van der Waals surface area contributed by atoms with Crippen LogP contribution in [0, 0.1) is 11.7 Å². The van der Waals surface area contributed by atoms with E-state index in [1.165, 1.54) is 13.2 Å². The molecule has 12 nitrogen and oxygen atoms in total. The van der Waals surface area contributed by atoms with Crippen LogP contribution in [0.1, 0.15) is 68.6 Å². The van der Waals surface area contributed by atoms with Crippen LogP contribution in [0.3, 0.4) is 0 Å². The molecule has 0 saturated carbocycles. The van der Waals surface area contributed by atoms with E-state index in [-0.39, 0.29) is 24.9 Å². The number of carbonyl (C=O) groups excluding carboxylic acids is 1. The van der Waals surface area contributed by atoms with Crippen LogP contribution in [0.25, 0.3) is 44.7 Å². The smallest absolute Gasteiger partial charge is 0.407 e. The van der Waals surface area contributed by atoms with Crippen molar-refractivity contribution in [1.82, 2.24) is 40.0 Å². The summed E-state index contributed by atoms with van der Waals surface area (Å²) in [4.78, 5) is 29.7. The molecule has 9 rings (SSSR count). The lowest BCUT2D eigenvalue weighted by Gasteiger charge is -2.35. The second-order valence-electron chi connectivity index (χ2n) is 15.4. The highest BCUT2D eigenvalue weighted by Gasteiger charge is 2.42. The van der Waals surface area contributed by atoms with Gasteiger partial charge in [0.2, 0.25) is 6.23 Å². The summed E-state index contributed by atoms with van der Waals surface area (Å²) >= 11 is 6.29. The molecule has 57 heavy (non-hydrogen) atoms. The molecule has 2 fully saturated rings. The number of ether oxygens (including phenoxy) is 2. The van der Waals surface area contributed by atoms with E-state index in [1.54, 1.807) is 17.3 Å². The van der Waals surface area contributed by atoms with Gasteiger partial charge in [0.1, 0.15) is 35.6 Å². The van der Waals surface area contributed by atoms with Gasteiger partial charge in [-0.15, -0.1) is 0 Å². The minimum absolute atomic E-state index is 0.0204. The zero-order chi connectivity index (χ0) is 39.5. The van der Waals surface area contributed by atoms with Crippen LogP contribution in [-0.4, -0.2) is 79.2 Å². The highest BCUT2D eigenvalue weighted by molar-refractivity contribution is 6.30. The topological polar surface area (TPSA) is 145 Å². The number of nitrogens with one attached hydrogen (secondary N) is 4. The van der Waals surface area contributed by atoms with Crippen LogP contribution < -0.4 is 15.4 Å². The summed E-state index contributed by atoms with van der Waals surface area (Å²) in [6, 6.07) is 17.6. The maximum absolute atomic E-state index is 16.5. The van der Waals surface area contributed by atoms with Crippen LogP contribution >= 0.6 is 11.6 Å². The number of alkyl carbamates (subject to hydrolysis) is 1. The van der Waals surface area contributed by atoms with Gasteiger partial charge in [0.25, 0.3) is 0 Å². The molecule has 3 aromatic carbocycles. The Balaban J connectivity index is 1.07. The van der Waals surface area contributed by atoms with E-state index in [2.05, 4.69) is 30.6 Å². The molecule has 296 valence electrons. The number of benzene rings is 3. The van der Waals surface area contributed by atoms with Crippen LogP contribution in [0.15, 0.2) is 73.1 Å². The quantitative estimate of drug-likeness (QED) is 0.0990. The standard InChI is InChI=1S/C42H43ClF2N8O4/c1-21(2)37(51-42(55)56-3)40(54)52-20-27(44)17-34(52)39-48-18-30(50-39)23-8-11-32-25(13-23)15-33-36-28(45)14-24(31-19-47-38(49-31)29-5-4-12-46-29)16-35(36)57-41(53(32)33)22-6-9-26(43)10-7-22/h6-11,13-16,18-19,21,27,29,34,37,40-41,46,54H,4-5,12,17,20H2,1-3H3,(H,47,49)(H,48,50)(H,51,55). The van der Waals surface area contributed by atoms with Crippen molar-refractivity contribution in [2.75, 3.05) is 20.2 Å². The minimum Gasteiger partial charge on any atom is -0.465 e. The number of hydrogen-bond acceptors (Lipinski definition) is 8. The number of rotatable bonds is 9. The van der Waals surface area contributed by atoms with Gasteiger partial charge in [-0.05, 0) is 67.8 Å². The fourth-order valence-corrected chi connectivity index (χ4v) is 8.66. The SMILES string of the molecule is COC(=O)NC(C(C)C)C(O)N1CC(F)CC1c1ncc(-c2ccc3c(c2)cc2n3C(c3ccc(Cl)cc3)Oc3cc(-c4cnc(C5CCCN5)[nH]4)cc(F)c3-2)[nH]1. The molecule has 0 spiro atoms.